The molecule has 2 aliphatic heterocycles. The SMILES string of the molecule is CN(C)CCCN1C(=O)C(=O)C(=C(O)c2ccc3c(c2)OCCO3)[C@H]1c1ccc([N+](=O)[O-])cc1. The van der Waals surface area contributed by atoms with Gasteiger partial charge >= 0.3 is 0 Å². The number of rotatable bonds is 7. The Morgan fingerprint density at radius 1 is 1.12 bits per heavy atom. The standard InChI is InChI=1S/C24H25N3O7/c1-25(2)10-3-11-26-21(15-4-7-17(8-5-15)27(31)32)20(23(29)24(26)30)22(28)16-6-9-18-19(14-16)34-13-12-33-18/h4-9,14,21,28H,3,10-13H2,1-2H3/t21-/m1/s1. The number of nitrogens with zero attached hydrogens (tertiary/aromatic N) is 3. The van der Waals surface area contributed by atoms with Gasteiger partial charge in [0, 0.05) is 24.2 Å². The molecule has 0 saturated carbocycles. The lowest BCUT2D eigenvalue weighted by atomic mass is 9.95. The van der Waals surface area contributed by atoms with Crippen LogP contribution in [0.25, 0.3) is 5.76 Å². The molecule has 0 spiro atoms. The first-order valence-electron chi connectivity index (χ1n) is 10.9. The van der Waals surface area contributed by atoms with Gasteiger partial charge < -0.3 is 24.4 Å². The van der Waals surface area contributed by atoms with E-state index in [0.717, 1.165) is 0 Å². The molecular formula is C24H25N3O7. The zero-order valence-corrected chi connectivity index (χ0v) is 18.9. The minimum atomic E-state index is -0.879. The maximum absolute atomic E-state index is 13.1. The van der Waals surface area contributed by atoms with Crippen molar-refractivity contribution in [2.24, 2.45) is 0 Å². The fourth-order valence-electron chi connectivity index (χ4n) is 4.14. The van der Waals surface area contributed by atoms with Crippen molar-refractivity contribution in [2.45, 2.75) is 12.5 Å². The van der Waals surface area contributed by atoms with E-state index in [1.54, 1.807) is 18.2 Å². The minimum Gasteiger partial charge on any atom is -0.507 e. The molecule has 2 aromatic rings. The fraction of sp³-hybridized carbons (Fsp3) is 0.333. The van der Waals surface area contributed by atoms with E-state index < -0.39 is 22.7 Å². The summed E-state index contributed by atoms with van der Waals surface area (Å²) in [5, 5.41) is 22.3. The average Bonchev–Trinajstić information content (AvgIpc) is 3.08. The molecule has 1 atom stereocenters. The number of fused-ring (bicyclic) bond motifs is 1. The summed E-state index contributed by atoms with van der Waals surface area (Å²) in [6, 6.07) is 9.56. The summed E-state index contributed by atoms with van der Waals surface area (Å²) < 4.78 is 11.1. The first-order chi connectivity index (χ1) is 16.3. The van der Waals surface area contributed by atoms with Crippen LogP contribution in [0.3, 0.4) is 0 Å². The van der Waals surface area contributed by atoms with Crippen molar-refractivity contribution in [3.05, 3.63) is 69.3 Å². The number of benzene rings is 2. The molecule has 34 heavy (non-hydrogen) atoms. The summed E-state index contributed by atoms with van der Waals surface area (Å²) >= 11 is 0. The van der Waals surface area contributed by atoms with Gasteiger partial charge in [0.15, 0.2) is 11.5 Å². The van der Waals surface area contributed by atoms with Crippen LogP contribution < -0.4 is 9.47 Å². The number of hydrogen-bond donors (Lipinski definition) is 1. The monoisotopic (exact) mass is 467 g/mol. The third-order valence-corrected chi connectivity index (χ3v) is 5.78. The van der Waals surface area contributed by atoms with E-state index in [4.69, 9.17) is 9.47 Å². The number of Topliss-reactive ketones (excluding diaryl/α,β-unsaturated/α-hetero) is 1. The first-order valence-corrected chi connectivity index (χ1v) is 10.9. The van der Waals surface area contributed by atoms with Crippen LogP contribution in [0.15, 0.2) is 48.0 Å². The van der Waals surface area contributed by atoms with Gasteiger partial charge in [-0.25, -0.2) is 0 Å². The van der Waals surface area contributed by atoms with Crippen molar-refractivity contribution in [1.82, 2.24) is 9.80 Å². The third kappa shape index (κ3) is 4.44. The number of nitro groups is 1. The Morgan fingerprint density at radius 3 is 2.44 bits per heavy atom. The molecule has 2 aliphatic rings. The van der Waals surface area contributed by atoms with E-state index in [2.05, 4.69) is 0 Å². The van der Waals surface area contributed by atoms with Crippen molar-refractivity contribution < 1.29 is 29.1 Å². The topological polar surface area (TPSA) is 122 Å². The molecule has 1 fully saturated rings. The second-order valence-corrected chi connectivity index (χ2v) is 8.36. The van der Waals surface area contributed by atoms with E-state index in [-0.39, 0.29) is 23.6 Å². The van der Waals surface area contributed by atoms with E-state index in [0.29, 0.717) is 48.8 Å². The van der Waals surface area contributed by atoms with Crippen LogP contribution >= 0.6 is 0 Å². The quantitative estimate of drug-likeness (QED) is 0.217. The molecule has 178 valence electrons. The molecule has 0 unspecified atom stereocenters. The van der Waals surface area contributed by atoms with E-state index in [1.807, 2.05) is 19.0 Å². The molecule has 1 saturated heterocycles. The molecule has 4 rings (SSSR count). The Bertz CT molecular complexity index is 1160. The molecule has 0 aliphatic carbocycles. The van der Waals surface area contributed by atoms with Gasteiger partial charge in [0.25, 0.3) is 17.4 Å². The largest absolute Gasteiger partial charge is 0.507 e. The van der Waals surface area contributed by atoms with Crippen LogP contribution in [0.1, 0.15) is 23.6 Å². The van der Waals surface area contributed by atoms with Gasteiger partial charge in [0.2, 0.25) is 0 Å². The van der Waals surface area contributed by atoms with E-state index in [1.165, 1.54) is 29.2 Å². The van der Waals surface area contributed by atoms with Crippen LogP contribution in [0.5, 0.6) is 11.5 Å². The number of aliphatic hydroxyl groups excluding tert-OH is 1. The smallest absolute Gasteiger partial charge is 0.295 e. The Morgan fingerprint density at radius 2 is 1.79 bits per heavy atom. The number of non-ortho nitro benzene ring substituents is 1. The number of carbonyl (C=O) groups is 2. The Hall–Kier alpha value is -3.92. The summed E-state index contributed by atoms with van der Waals surface area (Å²) in [6.07, 6.45) is 0.605. The Kier molecular flexibility index (Phi) is 6.51. The number of likely N-dealkylation sites (tertiary alicyclic amines) is 1. The molecule has 0 aromatic heterocycles. The minimum absolute atomic E-state index is 0.0691. The molecule has 1 N–H and O–H groups in total. The number of ketones is 1. The highest BCUT2D eigenvalue weighted by atomic mass is 16.6. The molecule has 1 amide bonds. The molecular weight excluding hydrogens is 442 g/mol. The number of carbonyl (C=O) groups excluding carboxylic acids is 2. The third-order valence-electron chi connectivity index (χ3n) is 5.78. The van der Waals surface area contributed by atoms with Crippen LogP contribution in [-0.4, -0.2) is 71.9 Å². The van der Waals surface area contributed by atoms with Crippen LogP contribution in [0.2, 0.25) is 0 Å². The van der Waals surface area contributed by atoms with Crippen LogP contribution in [-0.2, 0) is 9.59 Å². The summed E-state index contributed by atoms with van der Waals surface area (Å²) in [7, 11) is 3.81. The van der Waals surface area contributed by atoms with Gasteiger partial charge in [0.05, 0.1) is 16.5 Å². The summed E-state index contributed by atoms with van der Waals surface area (Å²) in [6.45, 7) is 1.74. The highest BCUT2D eigenvalue weighted by molar-refractivity contribution is 6.46. The summed E-state index contributed by atoms with van der Waals surface area (Å²) in [4.78, 5) is 40.0. The predicted molar refractivity (Wildman–Crippen MR) is 123 cm³/mol. The lowest BCUT2D eigenvalue weighted by Gasteiger charge is -2.26. The second-order valence-electron chi connectivity index (χ2n) is 8.36. The van der Waals surface area contributed by atoms with Gasteiger partial charge in [-0.05, 0) is 63.0 Å². The summed E-state index contributed by atoms with van der Waals surface area (Å²) in [5.74, 6) is -0.906. The van der Waals surface area contributed by atoms with E-state index >= 15 is 0 Å². The average molecular weight is 467 g/mol. The number of nitro benzene ring substituents is 1. The molecule has 0 radical (unpaired) electrons. The maximum Gasteiger partial charge on any atom is 0.295 e. The first kappa shape index (κ1) is 23.2. The van der Waals surface area contributed by atoms with Crippen LogP contribution in [0, 0.1) is 10.1 Å². The molecule has 2 aromatic carbocycles. The van der Waals surface area contributed by atoms with Gasteiger partial charge in [-0.1, -0.05) is 0 Å². The van der Waals surface area contributed by atoms with Crippen molar-refractivity contribution in [2.75, 3.05) is 40.4 Å². The van der Waals surface area contributed by atoms with Crippen molar-refractivity contribution in [1.29, 1.82) is 0 Å². The highest BCUT2D eigenvalue weighted by Gasteiger charge is 2.46. The predicted octanol–water partition coefficient (Wildman–Crippen LogP) is 2.74. The zero-order valence-electron chi connectivity index (χ0n) is 18.9. The van der Waals surface area contributed by atoms with Crippen molar-refractivity contribution >= 4 is 23.1 Å². The van der Waals surface area contributed by atoms with E-state index in [9.17, 15) is 24.8 Å². The Labute approximate surface area is 196 Å². The van der Waals surface area contributed by atoms with Crippen molar-refractivity contribution in [3.8, 4) is 11.5 Å². The molecule has 10 heteroatoms. The van der Waals surface area contributed by atoms with Gasteiger partial charge in [0.1, 0.15) is 19.0 Å². The number of hydrogen-bond acceptors (Lipinski definition) is 8. The number of ether oxygens (including phenoxy) is 2. The normalized spacial score (nSPS) is 19.0. The van der Waals surface area contributed by atoms with Gasteiger partial charge in [-0.2, -0.15) is 0 Å². The lowest BCUT2D eigenvalue weighted by Crippen LogP contribution is -2.32. The summed E-state index contributed by atoms with van der Waals surface area (Å²) in [5.41, 5.74) is 0.622. The lowest BCUT2D eigenvalue weighted by molar-refractivity contribution is -0.384. The zero-order chi connectivity index (χ0) is 24.4. The van der Waals surface area contributed by atoms with Gasteiger partial charge in [-0.3, -0.25) is 19.7 Å². The number of amides is 1. The number of aliphatic hydroxyl groups is 1. The van der Waals surface area contributed by atoms with Crippen molar-refractivity contribution in [3.63, 3.8) is 0 Å². The molecule has 10 nitrogen and oxygen atoms in total. The van der Waals surface area contributed by atoms with Crippen LogP contribution in [0.4, 0.5) is 5.69 Å². The van der Waals surface area contributed by atoms with Gasteiger partial charge in [-0.15, -0.1) is 0 Å². The molecule has 2 heterocycles. The highest BCUT2D eigenvalue weighted by Crippen LogP contribution is 2.41. The fourth-order valence-corrected chi connectivity index (χ4v) is 4.14. The second kappa shape index (κ2) is 9.52. The molecule has 0 bridgehead atoms. The maximum atomic E-state index is 13.1. The Balaban J connectivity index is 1.78.